The monoisotopic (exact) mass is 320 g/mol. The quantitative estimate of drug-likeness (QED) is 0.591. The highest BCUT2D eigenvalue weighted by molar-refractivity contribution is 5.97. The fraction of sp³-hybridized carbons (Fsp3) is 0.211. The molecule has 122 valence electrons. The Hall–Kier alpha value is -2.95. The van der Waals surface area contributed by atoms with E-state index in [0.29, 0.717) is 5.56 Å². The highest BCUT2D eigenvalue weighted by Crippen LogP contribution is 2.17. The Morgan fingerprint density at radius 3 is 2.83 bits per heavy atom. The lowest BCUT2D eigenvalue weighted by molar-refractivity contribution is 0.0955. The number of carbonyl (C=O) groups excluding carboxylic acids is 1. The van der Waals surface area contributed by atoms with Gasteiger partial charge in [0.15, 0.2) is 0 Å². The molecule has 3 aromatic rings. The summed E-state index contributed by atoms with van der Waals surface area (Å²) in [5.74, 6) is 0.701. The van der Waals surface area contributed by atoms with Gasteiger partial charge in [-0.05, 0) is 44.5 Å². The minimum atomic E-state index is -0.246. The Morgan fingerprint density at radius 1 is 1.25 bits per heavy atom. The summed E-state index contributed by atoms with van der Waals surface area (Å²) in [5, 5.41) is 4.03. The van der Waals surface area contributed by atoms with E-state index < -0.39 is 0 Å². The molecule has 0 unspecified atom stereocenters. The molecule has 0 atom stereocenters. The smallest absolute Gasteiger partial charge is 0.271 e. The van der Waals surface area contributed by atoms with Crippen LogP contribution in [0.15, 0.2) is 47.6 Å². The second-order valence-corrected chi connectivity index (χ2v) is 5.72. The molecule has 2 aromatic carbocycles. The molecule has 1 N–H and O–H groups in total. The molecule has 0 saturated heterocycles. The third kappa shape index (κ3) is 3.20. The topological polar surface area (TPSA) is 59.3 Å². The Kier molecular flexibility index (Phi) is 4.42. The minimum absolute atomic E-state index is 0.246. The average molecular weight is 320 g/mol. The number of imidazole rings is 1. The van der Waals surface area contributed by atoms with Crippen molar-refractivity contribution in [3.63, 3.8) is 0 Å². The summed E-state index contributed by atoms with van der Waals surface area (Å²) in [6.45, 7) is 6.92. The zero-order valence-corrected chi connectivity index (χ0v) is 14.1. The number of rotatable bonds is 4. The van der Waals surface area contributed by atoms with Crippen LogP contribution in [0.4, 0.5) is 0 Å². The van der Waals surface area contributed by atoms with Crippen molar-refractivity contribution in [2.75, 3.05) is 0 Å². The van der Waals surface area contributed by atoms with Crippen molar-refractivity contribution in [1.82, 2.24) is 15.0 Å². The van der Waals surface area contributed by atoms with Crippen LogP contribution in [0.25, 0.3) is 11.0 Å². The van der Waals surface area contributed by atoms with Gasteiger partial charge in [0, 0.05) is 12.1 Å². The molecule has 0 aliphatic carbocycles. The van der Waals surface area contributed by atoms with Crippen LogP contribution in [0.2, 0.25) is 0 Å². The van der Waals surface area contributed by atoms with Gasteiger partial charge in [-0.1, -0.05) is 29.8 Å². The highest BCUT2D eigenvalue weighted by Gasteiger charge is 2.10. The first-order valence-electron chi connectivity index (χ1n) is 7.95. The zero-order valence-electron chi connectivity index (χ0n) is 14.1. The lowest BCUT2D eigenvalue weighted by Crippen LogP contribution is -2.17. The molecule has 0 spiro atoms. The second-order valence-electron chi connectivity index (χ2n) is 5.72. The van der Waals surface area contributed by atoms with Crippen LogP contribution in [-0.2, 0) is 6.54 Å². The molecule has 24 heavy (non-hydrogen) atoms. The Morgan fingerprint density at radius 2 is 2.08 bits per heavy atom. The van der Waals surface area contributed by atoms with Gasteiger partial charge in [-0.25, -0.2) is 10.4 Å². The molecule has 0 radical (unpaired) electrons. The summed E-state index contributed by atoms with van der Waals surface area (Å²) in [7, 11) is 0. The van der Waals surface area contributed by atoms with E-state index in [2.05, 4.69) is 27.0 Å². The predicted molar refractivity (Wildman–Crippen MR) is 96.4 cm³/mol. The summed E-state index contributed by atoms with van der Waals surface area (Å²) in [6.07, 6.45) is 1.64. The molecular formula is C19H20N4O. The van der Waals surface area contributed by atoms with Crippen LogP contribution >= 0.6 is 0 Å². The van der Waals surface area contributed by atoms with E-state index >= 15 is 0 Å². The number of nitrogens with zero attached hydrogens (tertiary/aromatic N) is 3. The van der Waals surface area contributed by atoms with Gasteiger partial charge in [0.2, 0.25) is 0 Å². The maximum atomic E-state index is 12.2. The number of aromatic nitrogens is 2. The normalized spacial score (nSPS) is 11.3. The van der Waals surface area contributed by atoms with E-state index in [-0.39, 0.29) is 5.91 Å². The fourth-order valence-electron chi connectivity index (χ4n) is 2.77. The van der Waals surface area contributed by atoms with Crippen LogP contribution in [0.1, 0.15) is 34.2 Å². The molecular weight excluding hydrogens is 300 g/mol. The minimum Gasteiger partial charge on any atom is -0.329 e. The maximum Gasteiger partial charge on any atom is 0.271 e. The van der Waals surface area contributed by atoms with Gasteiger partial charge >= 0.3 is 0 Å². The van der Waals surface area contributed by atoms with E-state index in [1.807, 2.05) is 44.2 Å². The fourth-order valence-corrected chi connectivity index (χ4v) is 2.77. The van der Waals surface area contributed by atoms with Gasteiger partial charge in [-0.2, -0.15) is 5.10 Å². The molecule has 0 aliphatic heterocycles. The van der Waals surface area contributed by atoms with Gasteiger partial charge in [0.1, 0.15) is 5.82 Å². The van der Waals surface area contributed by atoms with E-state index in [1.165, 1.54) is 0 Å². The molecule has 0 bridgehead atoms. The Balaban J connectivity index is 1.76. The van der Waals surface area contributed by atoms with Crippen LogP contribution in [0, 0.1) is 13.8 Å². The van der Waals surface area contributed by atoms with E-state index in [4.69, 9.17) is 0 Å². The lowest BCUT2D eigenvalue weighted by atomic mass is 10.2. The number of hydrogen-bond acceptors (Lipinski definition) is 3. The van der Waals surface area contributed by atoms with Crippen LogP contribution < -0.4 is 5.43 Å². The molecule has 5 nitrogen and oxygen atoms in total. The standard InChI is InChI=1S/C19H20N4O/c1-4-23-14(3)21-17-11-16(8-9-18(17)23)19(24)22-20-12-15-7-5-6-13(2)10-15/h5-12H,4H2,1-3H3,(H,22,24). The Labute approximate surface area is 141 Å². The number of amides is 1. The molecule has 0 saturated carbocycles. The first kappa shape index (κ1) is 15.9. The molecule has 3 rings (SSSR count). The number of carbonyl (C=O) groups is 1. The summed E-state index contributed by atoms with van der Waals surface area (Å²) < 4.78 is 2.12. The molecule has 1 amide bonds. The first-order valence-corrected chi connectivity index (χ1v) is 7.95. The molecule has 0 aliphatic rings. The molecule has 1 heterocycles. The van der Waals surface area contributed by atoms with Crippen molar-refractivity contribution in [2.45, 2.75) is 27.3 Å². The van der Waals surface area contributed by atoms with Crippen molar-refractivity contribution in [3.05, 3.63) is 65.0 Å². The van der Waals surface area contributed by atoms with Gasteiger partial charge in [-0.3, -0.25) is 4.79 Å². The maximum absolute atomic E-state index is 12.2. The molecule has 1 aromatic heterocycles. The summed E-state index contributed by atoms with van der Waals surface area (Å²) in [5.41, 5.74) is 7.07. The summed E-state index contributed by atoms with van der Waals surface area (Å²) in [6, 6.07) is 13.4. The third-order valence-electron chi connectivity index (χ3n) is 3.94. The number of aryl methyl sites for hydroxylation is 3. The molecule has 0 fully saturated rings. The summed E-state index contributed by atoms with van der Waals surface area (Å²) in [4.78, 5) is 16.8. The first-order chi connectivity index (χ1) is 11.6. The zero-order chi connectivity index (χ0) is 17.1. The van der Waals surface area contributed by atoms with Crippen LogP contribution in [-0.4, -0.2) is 21.7 Å². The second kappa shape index (κ2) is 6.66. The number of fused-ring (bicyclic) bond motifs is 1. The van der Waals surface area contributed by atoms with E-state index in [0.717, 1.165) is 34.5 Å². The van der Waals surface area contributed by atoms with Crippen molar-refractivity contribution >= 4 is 23.2 Å². The predicted octanol–water partition coefficient (Wildman–Crippen LogP) is 3.44. The van der Waals surface area contributed by atoms with Gasteiger partial charge in [0.25, 0.3) is 5.91 Å². The highest BCUT2D eigenvalue weighted by atomic mass is 16.2. The average Bonchev–Trinajstić information content (AvgIpc) is 2.88. The summed E-state index contributed by atoms with van der Waals surface area (Å²) >= 11 is 0. The van der Waals surface area contributed by atoms with Gasteiger partial charge < -0.3 is 4.57 Å². The lowest BCUT2D eigenvalue weighted by Gasteiger charge is -2.03. The van der Waals surface area contributed by atoms with E-state index in [1.54, 1.807) is 18.3 Å². The van der Waals surface area contributed by atoms with Gasteiger partial charge in [0.05, 0.1) is 17.2 Å². The largest absolute Gasteiger partial charge is 0.329 e. The van der Waals surface area contributed by atoms with Crippen molar-refractivity contribution in [3.8, 4) is 0 Å². The number of hydrazone groups is 1. The van der Waals surface area contributed by atoms with Gasteiger partial charge in [-0.15, -0.1) is 0 Å². The van der Waals surface area contributed by atoms with E-state index in [9.17, 15) is 4.79 Å². The SMILES string of the molecule is CCn1c(C)nc2cc(C(=O)NN=Cc3cccc(C)c3)ccc21. The number of benzene rings is 2. The van der Waals surface area contributed by atoms with Crippen molar-refractivity contribution in [2.24, 2.45) is 5.10 Å². The third-order valence-corrected chi connectivity index (χ3v) is 3.94. The van der Waals surface area contributed by atoms with Crippen molar-refractivity contribution < 1.29 is 4.79 Å². The van der Waals surface area contributed by atoms with Crippen LogP contribution in [0.5, 0.6) is 0 Å². The number of hydrogen-bond donors (Lipinski definition) is 1. The molecule has 5 heteroatoms. The Bertz CT molecular complexity index is 924. The van der Waals surface area contributed by atoms with Crippen LogP contribution in [0.3, 0.4) is 0 Å². The number of nitrogens with one attached hydrogen (secondary N) is 1. The van der Waals surface area contributed by atoms with Crippen molar-refractivity contribution in [1.29, 1.82) is 0 Å².